The van der Waals surface area contributed by atoms with Gasteiger partial charge in [0.2, 0.25) is 0 Å². The Morgan fingerprint density at radius 1 is 1.03 bits per heavy atom. The second-order valence-corrected chi connectivity index (χ2v) is 9.48. The van der Waals surface area contributed by atoms with Crippen LogP contribution >= 0.6 is 0 Å². The Kier molecular flexibility index (Phi) is 8.48. The van der Waals surface area contributed by atoms with Gasteiger partial charge in [0.15, 0.2) is 5.78 Å². The average Bonchev–Trinajstić information content (AvgIpc) is 3.27. The predicted molar refractivity (Wildman–Crippen MR) is 124 cm³/mol. The SMILES string of the molecule is CC(N)(CCO)C(=O)CNC(=O)c1cc(F)c(NC2CCCCC2)cc1NC1CCCC1. The number of hydrogen-bond acceptors (Lipinski definition) is 6. The minimum atomic E-state index is -1.23. The highest BCUT2D eigenvalue weighted by molar-refractivity contribution is 6.02. The highest BCUT2D eigenvalue weighted by Crippen LogP contribution is 2.31. The molecule has 2 fully saturated rings. The summed E-state index contributed by atoms with van der Waals surface area (Å²) in [5.41, 5.74) is 5.86. The molecule has 178 valence electrons. The molecule has 2 aliphatic carbocycles. The molecule has 1 atom stereocenters. The Bertz CT molecular complexity index is 803. The molecule has 0 radical (unpaired) electrons. The second kappa shape index (κ2) is 11.1. The van der Waals surface area contributed by atoms with Gasteiger partial charge in [-0.15, -0.1) is 0 Å². The standard InChI is InChI=1S/C24H37FN4O3/c1-24(26,11-12-30)22(31)15-27-23(32)18-13-19(25)21(29-17-7-3-2-4-8-17)14-20(18)28-16-9-5-6-10-16/h13-14,16-17,28-30H,2-12,15,26H2,1H3,(H,27,32). The summed E-state index contributed by atoms with van der Waals surface area (Å²) in [5, 5.41) is 18.4. The van der Waals surface area contributed by atoms with Gasteiger partial charge in [-0.25, -0.2) is 4.39 Å². The summed E-state index contributed by atoms with van der Waals surface area (Å²) in [5.74, 6) is -1.39. The van der Waals surface area contributed by atoms with E-state index in [2.05, 4.69) is 16.0 Å². The molecule has 8 heteroatoms. The number of Topliss-reactive ketones (excluding diaryl/α,β-unsaturated/α-hetero) is 1. The van der Waals surface area contributed by atoms with E-state index in [1.54, 1.807) is 6.07 Å². The fraction of sp³-hybridized carbons (Fsp3) is 0.667. The summed E-state index contributed by atoms with van der Waals surface area (Å²) in [6, 6.07) is 3.42. The van der Waals surface area contributed by atoms with Crippen molar-refractivity contribution in [2.45, 2.75) is 88.8 Å². The second-order valence-electron chi connectivity index (χ2n) is 9.48. The molecule has 0 aliphatic heterocycles. The van der Waals surface area contributed by atoms with E-state index in [1.807, 2.05) is 0 Å². The van der Waals surface area contributed by atoms with Crippen molar-refractivity contribution in [3.05, 3.63) is 23.5 Å². The van der Waals surface area contributed by atoms with Crippen LogP contribution in [0.1, 0.15) is 81.5 Å². The molecule has 3 rings (SSSR count). The Morgan fingerprint density at radius 2 is 1.59 bits per heavy atom. The summed E-state index contributed by atoms with van der Waals surface area (Å²) in [4.78, 5) is 25.2. The van der Waals surface area contributed by atoms with Gasteiger partial charge < -0.3 is 26.8 Å². The molecule has 32 heavy (non-hydrogen) atoms. The smallest absolute Gasteiger partial charge is 0.253 e. The molecule has 6 N–H and O–H groups in total. The third-order valence-electron chi connectivity index (χ3n) is 6.71. The molecule has 1 unspecified atom stereocenters. The van der Waals surface area contributed by atoms with Crippen molar-refractivity contribution in [3.63, 3.8) is 0 Å². The first-order valence-electron chi connectivity index (χ1n) is 11.9. The molecule has 0 aromatic heterocycles. The van der Waals surface area contributed by atoms with Crippen molar-refractivity contribution in [2.24, 2.45) is 5.73 Å². The number of nitrogens with two attached hydrogens (primary N) is 1. The molecular formula is C24H37FN4O3. The number of rotatable bonds is 10. The van der Waals surface area contributed by atoms with Crippen LogP contribution in [0.4, 0.5) is 15.8 Å². The number of carbonyl (C=O) groups excluding carboxylic acids is 2. The highest BCUT2D eigenvalue weighted by Gasteiger charge is 2.28. The van der Waals surface area contributed by atoms with Crippen molar-refractivity contribution in [1.29, 1.82) is 0 Å². The molecular weight excluding hydrogens is 411 g/mol. The zero-order valence-corrected chi connectivity index (χ0v) is 19.0. The van der Waals surface area contributed by atoms with E-state index in [9.17, 15) is 14.0 Å². The maximum Gasteiger partial charge on any atom is 0.253 e. The largest absolute Gasteiger partial charge is 0.396 e. The number of aliphatic hydroxyl groups excluding tert-OH is 1. The number of nitrogens with one attached hydrogen (secondary N) is 3. The van der Waals surface area contributed by atoms with Gasteiger partial charge in [0.1, 0.15) is 5.82 Å². The first-order valence-corrected chi connectivity index (χ1v) is 11.9. The maximum absolute atomic E-state index is 15.0. The van der Waals surface area contributed by atoms with Gasteiger partial charge in [-0.3, -0.25) is 9.59 Å². The molecule has 0 saturated heterocycles. The van der Waals surface area contributed by atoms with Crippen LogP contribution in [-0.2, 0) is 4.79 Å². The molecule has 0 spiro atoms. The van der Waals surface area contributed by atoms with Gasteiger partial charge in [0, 0.05) is 24.4 Å². The van der Waals surface area contributed by atoms with Crippen molar-refractivity contribution in [2.75, 3.05) is 23.8 Å². The van der Waals surface area contributed by atoms with Crippen LogP contribution in [0.2, 0.25) is 0 Å². The van der Waals surface area contributed by atoms with E-state index >= 15 is 0 Å². The number of anilines is 2. The van der Waals surface area contributed by atoms with Crippen molar-refractivity contribution >= 4 is 23.1 Å². The minimum Gasteiger partial charge on any atom is -0.396 e. The number of aliphatic hydroxyl groups is 1. The van der Waals surface area contributed by atoms with E-state index in [4.69, 9.17) is 10.8 Å². The lowest BCUT2D eigenvalue weighted by atomic mass is 9.94. The first kappa shape index (κ1) is 24.5. The Hall–Kier alpha value is -2.19. The van der Waals surface area contributed by atoms with E-state index in [1.165, 1.54) is 19.4 Å². The highest BCUT2D eigenvalue weighted by atomic mass is 19.1. The summed E-state index contributed by atoms with van der Waals surface area (Å²) < 4.78 is 15.0. The number of amides is 1. The van der Waals surface area contributed by atoms with Crippen molar-refractivity contribution < 1.29 is 19.1 Å². The van der Waals surface area contributed by atoms with Crippen LogP contribution in [0.3, 0.4) is 0 Å². The molecule has 7 nitrogen and oxygen atoms in total. The number of benzene rings is 1. The van der Waals surface area contributed by atoms with Gasteiger partial charge in [0.05, 0.1) is 23.3 Å². The van der Waals surface area contributed by atoms with Crippen LogP contribution in [0.15, 0.2) is 12.1 Å². The Morgan fingerprint density at radius 3 is 2.19 bits per heavy atom. The molecule has 0 bridgehead atoms. The van der Waals surface area contributed by atoms with Crippen LogP contribution in [-0.4, -0.2) is 47.6 Å². The average molecular weight is 449 g/mol. The van der Waals surface area contributed by atoms with Gasteiger partial charge in [-0.2, -0.15) is 0 Å². The van der Waals surface area contributed by atoms with Crippen molar-refractivity contribution in [3.8, 4) is 0 Å². The van der Waals surface area contributed by atoms with Crippen molar-refractivity contribution in [1.82, 2.24) is 5.32 Å². The minimum absolute atomic E-state index is 0.104. The zero-order valence-electron chi connectivity index (χ0n) is 19.0. The van der Waals surface area contributed by atoms with Crippen LogP contribution in [0.5, 0.6) is 0 Å². The number of halogens is 1. The summed E-state index contributed by atoms with van der Waals surface area (Å²) in [6.07, 6.45) is 9.89. The topological polar surface area (TPSA) is 116 Å². The third kappa shape index (κ3) is 6.42. The molecule has 1 amide bonds. The van der Waals surface area contributed by atoms with E-state index in [0.29, 0.717) is 11.4 Å². The number of ketones is 1. The quantitative estimate of drug-likeness (QED) is 0.375. The van der Waals surface area contributed by atoms with Crippen LogP contribution < -0.4 is 21.7 Å². The lowest BCUT2D eigenvalue weighted by Gasteiger charge is -2.25. The first-order chi connectivity index (χ1) is 15.3. The zero-order chi connectivity index (χ0) is 23.1. The maximum atomic E-state index is 15.0. The molecule has 0 heterocycles. The summed E-state index contributed by atoms with van der Waals surface area (Å²) in [7, 11) is 0. The third-order valence-corrected chi connectivity index (χ3v) is 6.71. The van der Waals surface area contributed by atoms with E-state index in [0.717, 1.165) is 51.4 Å². The lowest BCUT2D eigenvalue weighted by molar-refractivity contribution is -0.123. The fourth-order valence-corrected chi connectivity index (χ4v) is 4.58. The van der Waals surface area contributed by atoms with E-state index in [-0.39, 0.29) is 43.0 Å². The van der Waals surface area contributed by atoms with Gasteiger partial charge in [-0.05, 0) is 51.2 Å². The molecule has 2 aliphatic rings. The molecule has 2 saturated carbocycles. The summed E-state index contributed by atoms with van der Waals surface area (Å²) in [6.45, 7) is 1.03. The fourth-order valence-electron chi connectivity index (χ4n) is 4.58. The molecule has 1 aromatic carbocycles. The number of hydrogen-bond donors (Lipinski definition) is 5. The lowest BCUT2D eigenvalue weighted by Crippen LogP contribution is -2.50. The monoisotopic (exact) mass is 448 g/mol. The molecule has 1 aromatic rings. The van der Waals surface area contributed by atoms with Gasteiger partial charge in [-0.1, -0.05) is 32.1 Å². The van der Waals surface area contributed by atoms with Crippen LogP contribution in [0.25, 0.3) is 0 Å². The van der Waals surface area contributed by atoms with E-state index < -0.39 is 17.3 Å². The summed E-state index contributed by atoms with van der Waals surface area (Å²) >= 11 is 0. The number of carbonyl (C=O) groups is 2. The predicted octanol–water partition coefficient (Wildman–Crippen LogP) is 3.32. The Balaban J connectivity index is 1.76. The normalized spacial score (nSPS) is 19.4. The van der Waals surface area contributed by atoms with Gasteiger partial charge >= 0.3 is 0 Å². The van der Waals surface area contributed by atoms with Gasteiger partial charge in [0.25, 0.3) is 5.91 Å². The Labute approximate surface area is 189 Å². The van der Waals surface area contributed by atoms with Crippen LogP contribution in [0, 0.1) is 5.82 Å².